The molecule has 0 radical (unpaired) electrons. The summed E-state index contributed by atoms with van der Waals surface area (Å²) < 4.78 is 5.24. The topological polar surface area (TPSA) is 37.4 Å². The lowest BCUT2D eigenvalue weighted by Gasteiger charge is -2.34. The molecule has 1 heterocycles. The minimum Gasteiger partial charge on any atom is -0.383 e. The molecule has 0 bridgehead atoms. The Morgan fingerprint density at radius 1 is 1.48 bits per heavy atom. The molecular formula is C16H29N3OS. The summed E-state index contributed by atoms with van der Waals surface area (Å²) >= 11 is 1.85. The molecule has 0 aliphatic heterocycles. The molecular weight excluding hydrogens is 282 g/mol. The number of fused-ring (bicyclic) bond motifs is 1. The van der Waals surface area contributed by atoms with E-state index in [0.29, 0.717) is 17.5 Å². The number of ether oxygens (including phenoxy) is 1. The van der Waals surface area contributed by atoms with E-state index in [4.69, 9.17) is 9.72 Å². The first kappa shape index (κ1) is 16.7. The van der Waals surface area contributed by atoms with Crippen molar-refractivity contribution in [2.75, 3.05) is 32.2 Å². The van der Waals surface area contributed by atoms with Crippen LogP contribution in [0, 0.1) is 5.41 Å². The summed E-state index contributed by atoms with van der Waals surface area (Å²) in [5.41, 5.74) is 1.61. The second kappa shape index (κ2) is 6.63. The summed E-state index contributed by atoms with van der Waals surface area (Å²) in [5.74, 6) is 0. The van der Waals surface area contributed by atoms with Crippen LogP contribution in [-0.4, -0.2) is 38.3 Å². The zero-order chi connectivity index (χ0) is 15.6. The van der Waals surface area contributed by atoms with E-state index in [1.165, 1.54) is 17.0 Å². The van der Waals surface area contributed by atoms with Gasteiger partial charge in [-0.15, -0.1) is 0 Å². The van der Waals surface area contributed by atoms with Crippen molar-refractivity contribution in [3.05, 3.63) is 10.6 Å². The van der Waals surface area contributed by atoms with Crippen LogP contribution in [0.3, 0.4) is 0 Å². The number of nitrogens with zero attached hydrogens (tertiary/aromatic N) is 2. The first-order chi connectivity index (χ1) is 9.88. The number of methoxy groups -OCH3 is 1. The Labute approximate surface area is 132 Å². The number of nitrogens with one attached hydrogen (secondary N) is 1. The van der Waals surface area contributed by atoms with Crippen molar-refractivity contribution in [3.63, 3.8) is 0 Å². The molecule has 120 valence electrons. The molecule has 1 N–H and O–H groups in total. The van der Waals surface area contributed by atoms with E-state index >= 15 is 0 Å². The van der Waals surface area contributed by atoms with Gasteiger partial charge in [-0.2, -0.15) is 0 Å². The van der Waals surface area contributed by atoms with Crippen LogP contribution in [0.5, 0.6) is 0 Å². The summed E-state index contributed by atoms with van der Waals surface area (Å²) in [6, 6.07) is 0.875. The van der Waals surface area contributed by atoms with Crippen LogP contribution in [0.2, 0.25) is 0 Å². The van der Waals surface area contributed by atoms with E-state index in [-0.39, 0.29) is 0 Å². The minimum absolute atomic E-state index is 0.321. The molecule has 0 saturated heterocycles. The Morgan fingerprint density at radius 3 is 2.76 bits per heavy atom. The molecule has 5 heteroatoms. The number of hydrogen-bond donors (Lipinski definition) is 1. The van der Waals surface area contributed by atoms with Crippen LogP contribution in [-0.2, 0) is 11.2 Å². The first-order valence-corrected chi connectivity index (χ1v) is 8.62. The van der Waals surface area contributed by atoms with Gasteiger partial charge in [0.15, 0.2) is 5.13 Å². The van der Waals surface area contributed by atoms with Crippen molar-refractivity contribution in [2.24, 2.45) is 5.41 Å². The van der Waals surface area contributed by atoms with Crippen molar-refractivity contribution >= 4 is 16.5 Å². The van der Waals surface area contributed by atoms with Gasteiger partial charge < -0.3 is 15.0 Å². The maximum Gasteiger partial charge on any atom is 0.186 e. The smallest absolute Gasteiger partial charge is 0.186 e. The zero-order valence-electron chi connectivity index (χ0n) is 14.2. The summed E-state index contributed by atoms with van der Waals surface area (Å²) in [7, 11) is 3.81. The maximum atomic E-state index is 5.24. The molecule has 0 spiro atoms. The summed E-state index contributed by atoms with van der Waals surface area (Å²) in [6.45, 7) is 10.7. The highest BCUT2D eigenvalue weighted by Crippen LogP contribution is 2.44. The lowest BCUT2D eigenvalue weighted by atomic mass is 9.76. The van der Waals surface area contributed by atoms with Crippen LogP contribution in [0.1, 0.15) is 50.7 Å². The van der Waals surface area contributed by atoms with Crippen molar-refractivity contribution in [1.82, 2.24) is 10.3 Å². The van der Waals surface area contributed by atoms with Gasteiger partial charge in [0.25, 0.3) is 0 Å². The number of aromatic nitrogens is 1. The van der Waals surface area contributed by atoms with Gasteiger partial charge in [-0.25, -0.2) is 4.98 Å². The van der Waals surface area contributed by atoms with Crippen molar-refractivity contribution in [3.8, 4) is 0 Å². The van der Waals surface area contributed by atoms with E-state index in [0.717, 1.165) is 24.7 Å². The molecule has 1 aliphatic rings. The standard InChI is InChI=1S/C16H29N3OS/c1-11(2)19(7-8-20-6)15-18-13-10-16(3,4)9-12(17-5)14(13)21-15/h11-12,17H,7-10H2,1-6H3. The van der Waals surface area contributed by atoms with Gasteiger partial charge in [-0.05, 0) is 39.2 Å². The molecule has 21 heavy (non-hydrogen) atoms. The lowest BCUT2D eigenvalue weighted by molar-refractivity contribution is 0.204. The molecule has 2 rings (SSSR count). The molecule has 0 aromatic carbocycles. The Balaban J connectivity index is 2.29. The second-order valence-corrected chi connectivity index (χ2v) is 7.98. The Hall–Kier alpha value is -0.650. The zero-order valence-corrected chi connectivity index (χ0v) is 15.0. The van der Waals surface area contributed by atoms with Crippen LogP contribution < -0.4 is 10.2 Å². The SMILES string of the molecule is CNC1CC(C)(C)Cc2nc(N(CCOC)C(C)C)sc21. The third-order valence-corrected chi connectivity index (χ3v) is 5.44. The first-order valence-electron chi connectivity index (χ1n) is 7.80. The average molecular weight is 311 g/mol. The highest BCUT2D eigenvalue weighted by molar-refractivity contribution is 7.15. The number of anilines is 1. The van der Waals surface area contributed by atoms with Crippen LogP contribution in [0.15, 0.2) is 0 Å². The van der Waals surface area contributed by atoms with Gasteiger partial charge in [0.05, 0.1) is 12.3 Å². The third kappa shape index (κ3) is 3.76. The number of rotatable bonds is 6. The number of thiazole rings is 1. The van der Waals surface area contributed by atoms with E-state index < -0.39 is 0 Å². The molecule has 1 atom stereocenters. The van der Waals surface area contributed by atoms with Crippen LogP contribution in [0.25, 0.3) is 0 Å². The predicted octanol–water partition coefficient (Wildman–Crippen LogP) is 3.24. The molecule has 0 amide bonds. The van der Waals surface area contributed by atoms with Gasteiger partial charge in [-0.3, -0.25) is 0 Å². The minimum atomic E-state index is 0.321. The summed E-state index contributed by atoms with van der Waals surface area (Å²) in [4.78, 5) is 8.75. The molecule has 0 fully saturated rings. The van der Waals surface area contributed by atoms with E-state index in [1.807, 2.05) is 11.3 Å². The predicted molar refractivity (Wildman–Crippen MR) is 90.4 cm³/mol. The largest absolute Gasteiger partial charge is 0.383 e. The normalized spacial score (nSPS) is 20.6. The Kier molecular flexibility index (Phi) is 5.28. The number of hydrogen-bond acceptors (Lipinski definition) is 5. The molecule has 1 aromatic heterocycles. The Morgan fingerprint density at radius 2 is 2.19 bits per heavy atom. The molecule has 1 unspecified atom stereocenters. The van der Waals surface area contributed by atoms with Crippen molar-refractivity contribution in [2.45, 2.75) is 52.6 Å². The van der Waals surface area contributed by atoms with Crippen LogP contribution >= 0.6 is 11.3 Å². The fourth-order valence-electron chi connectivity index (χ4n) is 3.04. The third-order valence-electron chi connectivity index (χ3n) is 4.19. The fraction of sp³-hybridized carbons (Fsp3) is 0.812. The average Bonchev–Trinajstić information content (AvgIpc) is 2.79. The van der Waals surface area contributed by atoms with Gasteiger partial charge >= 0.3 is 0 Å². The quantitative estimate of drug-likeness (QED) is 0.875. The van der Waals surface area contributed by atoms with Crippen LogP contribution in [0.4, 0.5) is 5.13 Å². The summed E-state index contributed by atoms with van der Waals surface area (Å²) in [6.07, 6.45) is 2.26. The van der Waals surface area contributed by atoms with E-state index in [1.54, 1.807) is 7.11 Å². The van der Waals surface area contributed by atoms with Gasteiger partial charge in [0.1, 0.15) is 0 Å². The van der Waals surface area contributed by atoms with Crippen molar-refractivity contribution < 1.29 is 4.74 Å². The lowest BCUT2D eigenvalue weighted by Crippen LogP contribution is -2.33. The molecule has 0 saturated carbocycles. The van der Waals surface area contributed by atoms with Gasteiger partial charge in [0, 0.05) is 30.6 Å². The fourth-order valence-corrected chi connectivity index (χ4v) is 4.39. The maximum absolute atomic E-state index is 5.24. The summed E-state index contributed by atoms with van der Waals surface area (Å²) in [5, 5.41) is 4.61. The highest BCUT2D eigenvalue weighted by Gasteiger charge is 2.35. The van der Waals surface area contributed by atoms with Crippen molar-refractivity contribution in [1.29, 1.82) is 0 Å². The Bertz CT molecular complexity index is 470. The van der Waals surface area contributed by atoms with Gasteiger partial charge in [-0.1, -0.05) is 25.2 Å². The molecule has 1 aliphatic carbocycles. The second-order valence-electron chi connectivity index (χ2n) is 6.97. The van der Waals surface area contributed by atoms with E-state index in [9.17, 15) is 0 Å². The molecule has 4 nitrogen and oxygen atoms in total. The monoisotopic (exact) mass is 311 g/mol. The van der Waals surface area contributed by atoms with E-state index in [2.05, 4.69) is 45.0 Å². The molecule has 1 aromatic rings. The van der Waals surface area contributed by atoms with Gasteiger partial charge in [0.2, 0.25) is 0 Å². The highest BCUT2D eigenvalue weighted by atomic mass is 32.1.